The smallest absolute Gasteiger partial charge is 0.137 e. The average Bonchev–Trinajstić information content (AvgIpc) is 3.62. The minimum absolute atomic E-state index is 0.315. The van der Waals surface area contributed by atoms with E-state index in [0.29, 0.717) is 5.92 Å². The van der Waals surface area contributed by atoms with Gasteiger partial charge in [0.05, 0.1) is 22.4 Å². The summed E-state index contributed by atoms with van der Waals surface area (Å²) in [4.78, 5) is 4.86. The number of hydrogen-bond donors (Lipinski definition) is 0. The van der Waals surface area contributed by atoms with Gasteiger partial charge in [0, 0.05) is 40.4 Å². The standard InChI is InChI=1S/C46H50N4O/c1-9-12-15-33-20-21-47-44(24-33)49-42-17-14-13-16-40(42)41-19-18-38(28-43(41)49)51-39-26-36(29(4)5)25-37(27-39)50-32(8)45(31(7)48-50)46-34(10-2)22-30(6)23-35(46)11-3/h13-14,16-29H,9-12,15H2,1-8H3. The largest absolute Gasteiger partial charge is 0.457 e. The highest BCUT2D eigenvalue weighted by Gasteiger charge is 2.21. The first-order chi connectivity index (χ1) is 24.7. The van der Waals surface area contributed by atoms with Crippen LogP contribution in [0.5, 0.6) is 11.5 Å². The molecule has 0 aliphatic heterocycles. The Balaban J connectivity index is 1.32. The number of aromatic nitrogens is 4. The van der Waals surface area contributed by atoms with Crippen molar-refractivity contribution in [3.63, 3.8) is 0 Å². The molecular weight excluding hydrogens is 625 g/mol. The topological polar surface area (TPSA) is 44.9 Å². The van der Waals surface area contributed by atoms with E-state index in [1.165, 1.54) is 56.1 Å². The zero-order valence-electron chi connectivity index (χ0n) is 31.5. The van der Waals surface area contributed by atoms with Crippen LogP contribution in [0.4, 0.5) is 0 Å². The van der Waals surface area contributed by atoms with Crippen molar-refractivity contribution in [2.75, 3.05) is 0 Å². The first kappa shape index (κ1) is 34.3. The third-order valence-electron chi connectivity index (χ3n) is 10.3. The molecule has 5 heteroatoms. The van der Waals surface area contributed by atoms with Crippen LogP contribution in [-0.2, 0) is 19.3 Å². The molecule has 51 heavy (non-hydrogen) atoms. The number of ether oxygens (including phenoxy) is 1. The minimum Gasteiger partial charge on any atom is -0.457 e. The lowest BCUT2D eigenvalue weighted by Crippen LogP contribution is -2.03. The fourth-order valence-electron chi connectivity index (χ4n) is 7.71. The van der Waals surface area contributed by atoms with Crippen LogP contribution in [0.15, 0.2) is 91.1 Å². The van der Waals surface area contributed by atoms with Crippen molar-refractivity contribution < 1.29 is 4.74 Å². The van der Waals surface area contributed by atoms with E-state index in [1.807, 2.05) is 6.20 Å². The summed E-state index contributed by atoms with van der Waals surface area (Å²) in [5.41, 5.74) is 14.6. The number of fused-ring (bicyclic) bond motifs is 3. The van der Waals surface area contributed by atoms with Gasteiger partial charge >= 0.3 is 0 Å². The van der Waals surface area contributed by atoms with Gasteiger partial charge in [0.15, 0.2) is 0 Å². The number of nitrogens with zero attached hydrogens (tertiary/aromatic N) is 4. The maximum atomic E-state index is 6.78. The van der Waals surface area contributed by atoms with Crippen molar-refractivity contribution >= 4 is 21.8 Å². The molecule has 3 aromatic heterocycles. The second kappa shape index (κ2) is 14.2. The molecule has 0 aliphatic rings. The molecule has 0 amide bonds. The number of aryl methyl sites for hydroxylation is 5. The van der Waals surface area contributed by atoms with Crippen molar-refractivity contribution in [1.29, 1.82) is 0 Å². The molecule has 3 heterocycles. The molecule has 0 saturated heterocycles. The first-order valence-electron chi connectivity index (χ1n) is 18.7. The van der Waals surface area contributed by atoms with Crippen molar-refractivity contribution in [2.45, 2.75) is 93.4 Å². The Morgan fingerprint density at radius 3 is 2.20 bits per heavy atom. The lowest BCUT2D eigenvalue weighted by molar-refractivity contribution is 0.481. The number of benzene rings is 4. The van der Waals surface area contributed by atoms with Crippen molar-refractivity contribution in [3.8, 4) is 34.1 Å². The van der Waals surface area contributed by atoms with E-state index in [9.17, 15) is 0 Å². The number of rotatable bonds is 11. The normalized spacial score (nSPS) is 11.7. The van der Waals surface area contributed by atoms with Gasteiger partial charge in [0.1, 0.15) is 17.3 Å². The maximum absolute atomic E-state index is 6.78. The van der Waals surface area contributed by atoms with Gasteiger partial charge in [-0.1, -0.05) is 76.9 Å². The zero-order valence-corrected chi connectivity index (χ0v) is 31.5. The second-order valence-corrected chi connectivity index (χ2v) is 14.3. The number of unbranched alkanes of at least 4 members (excludes halogenated alkanes) is 1. The zero-order chi connectivity index (χ0) is 35.8. The number of pyridine rings is 1. The predicted octanol–water partition coefficient (Wildman–Crippen LogP) is 12.3. The van der Waals surface area contributed by atoms with Gasteiger partial charge in [0.25, 0.3) is 0 Å². The summed E-state index contributed by atoms with van der Waals surface area (Å²) in [7, 11) is 0. The van der Waals surface area contributed by atoms with Crippen molar-refractivity contribution in [2.24, 2.45) is 0 Å². The van der Waals surface area contributed by atoms with Crippen molar-refractivity contribution in [3.05, 3.63) is 130 Å². The van der Waals surface area contributed by atoms with E-state index in [2.05, 4.69) is 150 Å². The fourth-order valence-corrected chi connectivity index (χ4v) is 7.71. The molecule has 0 unspecified atom stereocenters. The average molecular weight is 675 g/mol. The van der Waals surface area contributed by atoms with E-state index in [-0.39, 0.29) is 0 Å². The SMILES string of the molecule is CCCCc1ccnc(-n2c3ccccc3c3ccc(Oc4cc(C(C)C)cc(-n5nc(C)c(-c6c(CC)cc(C)cc6CC)c5C)c4)cc32)c1. The lowest BCUT2D eigenvalue weighted by atomic mass is 9.89. The van der Waals surface area contributed by atoms with Crippen LogP contribution in [-0.4, -0.2) is 19.3 Å². The van der Waals surface area contributed by atoms with Gasteiger partial charge in [0.2, 0.25) is 0 Å². The van der Waals surface area contributed by atoms with Gasteiger partial charge in [-0.3, -0.25) is 4.57 Å². The highest BCUT2D eigenvalue weighted by molar-refractivity contribution is 6.09. The Morgan fingerprint density at radius 1 is 0.725 bits per heavy atom. The summed E-state index contributed by atoms with van der Waals surface area (Å²) in [6.45, 7) is 17.7. The predicted molar refractivity (Wildman–Crippen MR) is 213 cm³/mol. The number of para-hydroxylation sites is 1. The van der Waals surface area contributed by atoms with Crippen LogP contribution in [0.3, 0.4) is 0 Å². The lowest BCUT2D eigenvalue weighted by Gasteiger charge is -2.17. The summed E-state index contributed by atoms with van der Waals surface area (Å²) in [6, 6.07) is 30.6. The Morgan fingerprint density at radius 2 is 1.47 bits per heavy atom. The second-order valence-electron chi connectivity index (χ2n) is 14.3. The molecule has 0 radical (unpaired) electrons. The highest BCUT2D eigenvalue weighted by Crippen LogP contribution is 2.39. The number of hydrogen-bond acceptors (Lipinski definition) is 3. The van der Waals surface area contributed by atoms with Crippen LogP contribution in [0, 0.1) is 20.8 Å². The molecule has 0 aliphatic carbocycles. The molecule has 5 nitrogen and oxygen atoms in total. The third kappa shape index (κ3) is 6.46. The molecule has 0 spiro atoms. The van der Waals surface area contributed by atoms with Gasteiger partial charge < -0.3 is 4.74 Å². The molecule has 0 bridgehead atoms. The van der Waals surface area contributed by atoms with Crippen LogP contribution < -0.4 is 4.74 Å². The Bertz CT molecular complexity index is 2350. The van der Waals surface area contributed by atoms with Gasteiger partial charge in [-0.2, -0.15) is 5.10 Å². The molecule has 0 fully saturated rings. The van der Waals surface area contributed by atoms with E-state index >= 15 is 0 Å². The van der Waals surface area contributed by atoms with E-state index in [4.69, 9.17) is 14.8 Å². The molecule has 0 N–H and O–H groups in total. The molecular formula is C46H50N4O. The first-order valence-corrected chi connectivity index (χ1v) is 18.7. The van der Waals surface area contributed by atoms with E-state index < -0.39 is 0 Å². The summed E-state index contributed by atoms with van der Waals surface area (Å²) in [5.74, 6) is 2.83. The van der Waals surface area contributed by atoms with E-state index in [1.54, 1.807) is 0 Å². The summed E-state index contributed by atoms with van der Waals surface area (Å²) in [5, 5.41) is 7.55. The Kier molecular flexibility index (Phi) is 9.56. The quantitative estimate of drug-likeness (QED) is 0.137. The molecule has 4 aromatic carbocycles. The van der Waals surface area contributed by atoms with Gasteiger partial charge in [-0.15, -0.1) is 0 Å². The fraction of sp³-hybridized carbons (Fsp3) is 0.304. The minimum atomic E-state index is 0.315. The summed E-state index contributed by atoms with van der Waals surface area (Å²) >= 11 is 0. The Labute approximate surface area is 302 Å². The molecule has 260 valence electrons. The molecule has 7 rings (SSSR count). The third-order valence-corrected chi connectivity index (χ3v) is 10.3. The van der Waals surface area contributed by atoms with E-state index in [0.717, 1.165) is 71.1 Å². The highest BCUT2D eigenvalue weighted by atomic mass is 16.5. The summed E-state index contributed by atoms with van der Waals surface area (Å²) < 4.78 is 11.2. The van der Waals surface area contributed by atoms with Crippen LogP contribution in [0.2, 0.25) is 0 Å². The monoisotopic (exact) mass is 674 g/mol. The molecule has 0 saturated carbocycles. The molecule has 7 aromatic rings. The van der Waals surface area contributed by atoms with Gasteiger partial charge in [-0.05, 0) is 123 Å². The van der Waals surface area contributed by atoms with Crippen LogP contribution >= 0.6 is 0 Å². The maximum Gasteiger partial charge on any atom is 0.137 e. The summed E-state index contributed by atoms with van der Waals surface area (Å²) in [6.07, 6.45) is 7.29. The molecule has 0 atom stereocenters. The Hall–Kier alpha value is -5.16. The van der Waals surface area contributed by atoms with Crippen LogP contribution in [0.25, 0.3) is 44.4 Å². The van der Waals surface area contributed by atoms with Gasteiger partial charge in [-0.25, -0.2) is 9.67 Å². The van der Waals surface area contributed by atoms with Crippen molar-refractivity contribution in [1.82, 2.24) is 19.3 Å². The van der Waals surface area contributed by atoms with Crippen LogP contribution in [0.1, 0.15) is 92.6 Å².